The number of anilines is 1. The van der Waals surface area contributed by atoms with Gasteiger partial charge in [-0.05, 0) is 19.9 Å². The van der Waals surface area contributed by atoms with Crippen molar-refractivity contribution in [3.8, 4) is 11.9 Å². The molecule has 3 N–H and O–H groups in total. The number of hydrogen-bond acceptors (Lipinski definition) is 7. The van der Waals surface area contributed by atoms with E-state index in [2.05, 4.69) is 20.6 Å². The van der Waals surface area contributed by atoms with E-state index in [4.69, 9.17) is 4.74 Å². The van der Waals surface area contributed by atoms with Crippen molar-refractivity contribution in [1.82, 2.24) is 15.3 Å². The van der Waals surface area contributed by atoms with Gasteiger partial charge >= 0.3 is 0 Å². The van der Waals surface area contributed by atoms with Gasteiger partial charge < -0.3 is 20.5 Å². The number of ether oxygens (including phenoxy) is 1. The summed E-state index contributed by atoms with van der Waals surface area (Å²) in [5.74, 6) is -3.23. The summed E-state index contributed by atoms with van der Waals surface area (Å²) in [6, 6.07) is 1.32. The van der Waals surface area contributed by atoms with E-state index in [1.165, 1.54) is 13.1 Å². The van der Waals surface area contributed by atoms with Crippen LogP contribution in [0.15, 0.2) is 6.20 Å². The van der Waals surface area contributed by atoms with Crippen molar-refractivity contribution in [2.24, 2.45) is 0 Å². The van der Waals surface area contributed by atoms with Crippen LogP contribution >= 0.6 is 0 Å². The van der Waals surface area contributed by atoms with Gasteiger partial charge in [-0.3, -0.25) is 0 Å². The van der Waals surface area contributed by atoms with Crippen molar-refractivity contribution >= 4 is 5.95 Å². The highest BCUT2D eigenvalue weighted by Crippen LogP contribution is 2.43. The molecule has 142 valence electrons. The first-order chi connectivity index (χ1) is 12.2. The van der Waals surface area contributed by atoms with E-state index in [9.17, 15) is 23.5 Å². The summed E-state index contributed by atoms with van der Waals surface area (Å²) in [5, 5.41) is 25.1. The summed E-state index contributed by atoms with van der Waals surface area (Å²) in [6.45, 7) is 2.10. The number of nitrogens with one attached hydrogen (secondary N) is 2. The number of aromatic nitrogens is 2. The molecule has 0 aromatic carbocycles. The summed E-state index contributed by atoms with van der Waals surface area (Å²) < 4.78 is 46.6. The van der Waals surface area contributed by atoms with Crippen molar-refractivity contribution in [3.05, 3.63) is 11.8 Å². The Kier molecular flexibility index (Phi) is 4.94. The molecule has 0 amide bonds. The van der Waals surface area contributed by atoms with E-state index in [0.717, 1.165) is 0 Å². The number of nitriles is 1. The number of rotatable bonds is 4. The minimum Gasteiger partial charge on any atom is -0.470 e. The Morgan fingerprint density at radius 2 is 2.27 bits per heavy atom. The molecule has 1 aromatic heterocycles. The fraction of sp³-hybridized carbons (Fsp3) is 0.688. The van der Waals surface area contributed by atoms with Crippen LogP contribution in [0.25, 0.3) is 0 Å². The Hall–Kier alpha value is -2.12. The van der Waals surface area contributed by atoms with E-state index in [0.29, 0.717) is 13.0 Å². The fourth-order valence-electron chi connectivity index (χ4n) is 3.26. The molecule has 2 heterocycles. The van der Waals surface area contributed by atoms with E-state index in [1.54, 1.807) is 0 Å². The molecule has 0 spiro atoms. The molecule has 4 atom stereocenters. The summed E-state index contributed by atoms with van der Waals surface area (Å²) in [6.07, 6.45) is -2.08. The lowest BCUT2D eigenvalue weighted by Gasteiger charge is -2.28. The third-order valence-corrected chi connectivity index (χ3v) is 4.64. The van der Waals surface area contributed by atoms with Gasteiger partial charge in [-0.25, -0.2) is 18.2 Å². The molecule has 1 saturated heterocycles. The first-order valence-electron chi connectivity index (χ1n) is 8.35. The first kappa shape index (κ1) is 18.7. The lowest BCUT2D eigenvalue weighted by atomic mass is 10.0. The standard InChI is InChI=1S/C16H20F3N5O2/c1-15(25)8-16(18,19)4-12(15)26-13-9(5-20)6-22-14(24-13)23-11-2-3-21-7-10(11)17/h6,10-12,21,25H,2-4,7-8H2,1H3,(H,22,23,24)/t10-,11-,12?,15?/m1/s1. The molecule has 1 aliphatic heterocycles. The number of halogens is 3. The maximum atomic E-state index is 13.9. The van der Waals surface area contributed by atoms with Crippen LogP contribution in [0.2, 0.25) is 0 Å². The normalized spacial score (nSPS) is 33.5. The van der Waals surface area contributed by atoms with E-state index >= 15 is 0 Å². The highest BCUT2D eigenvalue weighted by atomic mass is 19.3. The first-order valence-corrected chi connectivity index (χ1v) is 8.35. The molecule has 1 aromatic rings. The minimum absolute atomic E-state index is 0.0398. The van der Waals surface area contributed by atoms with Crippen molar-refractivity contribution in [3.63, 3.8) is 0 Å². The minimum atomic E-state index is -3.06. The molecule has 2 fully saturated rings. The second-order valence-corrected chi connectivity index (χ2v) is 6.98. The Morgan fingerprint density at radius 3 is 2.88 bits per heavy atom. The van der Waals surface area contributed by atoms with Crippen LogP contribution in [0.3, 0.4) is 0 Å². The van der Waals surface area contributed by atoms with E-state index in [1.807, 2.05) is 6.07 Å². The van der Waals surface area contributed by atoms with Crippen molar-refractivity contribution in [2.75, 3.05) is 18.4 Å². The zero-order valence-electron chi connectivity index (χ0n) is 14.2. The van der Waals surface area contributed by atoms with Crippen LogP contribution < -0.4 is 15.4 Å². The molecular formula is C16H20F3N5O2. The van der Waals surface area contributed by atoms with Crippen LogP contribution in [0.5, 0.6) is 5.88 Å². The van der Waals surface area contributed by atoms with Crippen LogP contribution in [0.1, 0.15) is 31.7 Å². The average Bonchev–Trinajstić information content (AvgIpc) is 2.77. The van der Waals surface area contributed by atoms with Crippen LogP contribution in [0, 0.1) is 11.3 Å². The van der Waals surface area contributed by atoms with Gasteiger partial charge in [-0.2, -0.15) is 10.2 Å². The number of piperidine rings is 1. The highest BCUT2D eigenvalue weighted by molar-refractivity contribution is 5.41. The molecule has 26 heavy (non-hydrogen) atoms. The molecule has 1 saturated carbocycles. The van der Waals surface area contributed by atoms with Gasteiger partial charge in [-0.1, -0.05) is 0 Å². The second-order valence-electron chi connectivity index (χ2n) is 6.98. The molecule has 1 aliphatic carbocycles. The Balaban J connectivity index is 1.79. The average molecular weight is 371 g/mol. The lowest BCUT2D eigenvalue weighted by molar-refractivity contribution is -0.0406. The molecule has 2 unspecified atom stereocenters. The third kappa shape index (κ3) is 3.99. The van der Waals surface area contributed by atoms with Gasteiger partial charge in [0.25, 0.3) is 5.92 Å². The number of alkyl halides is 3. The molecule has 3 rings (SSSR count). The Bertz CT molecular complexity index is 710. The second kappa shape index (κ2) is 6.89. The van der Waals surface area contributed by atoms with Gasteiger partial charge in [0.05, 0.1) is 18.7 Å². The zero-order valence-corrected chi connectivity index (χ0v) is 14.2. The summed E-state index contributed by atoms with van der Waals surface area (Å²) >= 11 is 0. The number of hydrogen-bond donors (Lipinski definition) is 3. The predicted molar refractivity (Wildman–Crippen MR) is 85.8 cm³/mol. The molecule has 10 heteroatoms. The van der Waals surface area contributed by atoms with E-state index in [-0.39, 0.29) is 23.9 Å². The van der Waals surface area contributed by atoms with Crippen molar-refractivity contribution in [2.45, 2.75) is 56.0 Å². The highest BCUT2D eigenvalue weighted by Gasteiger charge is 2.54. The quantitative estimate of drug-likeness (QED) is 0.735. The van der Waals surface area contributed by atoms with Gasteiger partial charge in [0.15, 0.2) is 0 Å². The summed E-state index contributed by atoms with van der Waals surface area (Å²) in [4.78, 5) is 7.99. The largest absolute Gasteiger partial charge is 0.470 e. The van der Waals surface area contributed by atoms with Gasteiger partial charge in [0.1, 0.15) is 29.5 Å². The number of nitrogens with zero attached hydrogens (tertiary/aromatic N) is 3. The summed E-state index contributed by atoms with van der Waals surface area (Å²) in [5.41, 5.74) is -1.81. The molecule has 0 radical (unpaired) electrons. The van der Waals surface area contributed by atoms with Gasteiger partial charge in [0.2, 0.25) is 11.8 Å². The topological polar surface area (TPSA) is 103 Å². The molecular weight excluding hydrogens is 351 g/mol. The lowest BCUT2D eigenvalue weighted by Crippen LogP contribution is -2.45. The molecule has 2 aliphatic rings. The van der Waals surface area contributed by atoms with Gasteiger partial charge in [0, 0.05) is 13.0 Å². The monoisotopic (exact) mass is 371 g/mol. The predicted octanol–water partition coefficient (Wildman–Crippen LogP) is 1.39. The number of aliphatic hydroxyl groups is 1. The SMILES string of the molecule is CC1(O)CC(F)(F)CC1Oc1nc(N[C@@H]2CCNC[C@H]2F)ncc1C#N. The van der Waals surface area contributed by atoms with Gasteiger partial charge in [-0.15, -0.1) is 0 Å². The maximum absolute atomic E-state index is 13.9. The zero-order chi connectivity index (χ0) is 18.9. The molecule has 7 nitrogen and oxygen atoms in total. The van der Waals surface area contributed by atoms with Crippen molar-refractivity contribution in [1.29, 1.82) is 5.26 Å². The Morgan fingerprint density at radius 1 is 1.50 bits per heavy atom. The van der Waals surface area contributed by atoms with Crippen LogP contribution in [-0.2, 0) is 0 Å². The van der Waals surface area contributed by atoms with Crippen LogP contribution in [0.4, 0.5) is 19.1 Å². The van der Waals surface area contributed by atoms with E-state index < -0.39 is 42.7 Å². The third-order valence-electron chi connectivity index (χ3n) is 4.64. The summed E-state index contributed by atoms with van der Waals surface area (Å²) in [7, 11) is 0. The molecule has 0 bridgehead atoms. The van der Waals surface area contributed by atoms with Crippen LogP contribution in [-0.4, -0.2) is 58.0 Å². The smallest absolute Gasteiger partial charge is 0.254 e. The maximum Gasteiger partial charge on any atom is 0.254 e. The Labute approximate surface area is 148 Å². The van der Waals surface area contributed by atoms with Crippen molar-refractivity contribution < 1.29 is 23.0 Å². The fourth-order valence-corrected chi connectivity index (χ4v) is 3.26.